The number of benzene rings is 1. The van der Waals surface area contributed by atoms with Gasteiger partial charge < -0.3 is 0 Å². The van der Waals surface area contributed by atoms with Gasteiger partial charge in [-0.05, 0) is 13.8 Å². The summed E-state index contributed by atoms with van der Waals surface area (Å²) >= 11 is 0. The molecule has 8 heteroatoms. The molecule has 1 aromatic heterocycles. The van der Waals surface area contributed by atoms with E-state index in [-0.39, 0.29) is 17.2 Å². The van der Waals surface area contributed by atoms with Crippen molar-refractivity contribution < 1.29 is 4.92 Å². The molecule has 8 nitrogen and oxygen atoms in total. The summed E-state index contributed by atoms with van der Waals surface area (Å²) in [5, 5.41) is 14.7. The number of aryl methyl sites for hydroxylation is 2. The first-order valence-electron chi connectivity index (χ1n) is 6.08. The maximum Gasteiger partial charge on any atom is 0.272 e. The number of H-pyrrole nitrogens is 1. The summed E-state index contributed by atoms with van der Waals surface area (Å²) in [4.78, 5) is 28.1. The molecule has 1 aromatic carbocycles. The molecule has 0 spiro atoms. The number of aromatic amines is 1. The highest BCUT2D eigenvalue weighted by molar-refractivity contribution is 5.81. The van der Waals surface area contributed by atoms with E-state index in [2.05, 4.69) is 20.5 Å². The summed E-state index contributed by atoms with van der Waals surface area (Å²) in [6.07, 6.45) is 1.41. The van der Waals surface area contributed by atoms with Gasteiger partial charge in [-0.25, -0.2) is 10.4 Å². The van der Waals surface area contributed by atoms with Crippen LogP contribution >= 0.6 is 0 Å². The molecule has 0 fully saturated rings. The summed E-state index contributed by atoms with van der Waals surface area (Å²) in [6.45, 7) is 3.35. The van der Waals surface area contributed by atoms with E-state index >= 15 is 0 Å². The van der Waals surface area contributed by atoms with Crippen LogP contribution in [0.2, 0.25) is 0 Å². The average molecular weight is 287 g/mol. The van der Waals surface area contributed by atoms with Gasteiger partial charge in [0.1, 0.15) is 0 Å². The van der Waals surface area contributed by atoms with Crippen LogP contribution in [0.25, 0.3) is 0 Å². The molecule has 0 atom stereocenters. The summed E-state index contributed by atoms with van der Waals surface area (Å²) in [6, 6.07) is 6.14. The highest BCUT2D eigenvalue weighted by Crippen LogP contribution is 2.18. The average Bonchev–Trinajstić information content (AvgIpc) is 2.39. The number of hydrogen-bond acceptors (Lipinski definition) is 6. The minimum atomic E-state index is -0.445. The van der Waals surface area contributed by atoms with Crippen LogP contribution in [0.4, 0.5) is 11.6 Å². The molecule has 21 heavy (non-hydrogen) atoms. The van der Waals surface area contributed by atoms with Gasteiger partial charge in [-0.1, -0.05) is 12.1 Å². The van der Waals surface area contributed by atoms with Gasteiger partial charge in [-0.3, -0.25) is 19.9 Å². The maximum atomic E-state index is 11.2. The fraction of sp³-hybridized carbons (Fsp3) is 0.154. The van der Waals surface area contributed by atoms with Crippen LogP contribution in [-0.4, -0.2) is 21.1 Å². The van der Waals surface area contributed by atoms with Gasteiger partial charge in [0.05, 0.1) is 11.1 Å². The van der Waals surface area contributed by atoms with Crippen molar-refractivity contribution >= 4 is 17.9 Å². The number of hydrazone groups is 1. The predicted octanol–water partition coefficient (Wildman–Crippen LogP) is 1.74. The molecule has 0 bridgehead atoms. The van der Waals surface area contributed by atoms with Gasteiger partial charge in [0, 0.05) is 29.0 Å². The fourth-order valence-electron chi connectivity index (χ4n) is 1.70. The molecule has 2 rings (SSSR count). The molecule has 1 heterocycles. The zero-order chi connectivity index (χ0) is 15.4. The van der Waals surface area contributed by atoms with Crippen molar-refractivity contribution in [3.63, 3.8) is 0 Å². The molecule has 0 aliphatic rings. The lowest BCUT2D eigenvalue weighted by atomic mass is 10.1. The number of nitrogens with one attached hydrogen (secondary N) is 2. The zero-order valence-corrected chi connectivity index (χ0v) is 11.5. The summed E-state index contributed by atoms with van der Waals surface area (Å²) in [5.74, 6) is 0.206. The lowest BCUT2D eigenvalue weighted by Gasteiger charge is -2.00. The maximum absolute atomic E-state index is 11.2. The molecule has 2 aromatic rings. The summed E-state index contributed by atoms with van der Waals surface area (Å²) < 4.78 is 0. The Kier molecular flexibility index (Phi) is 4.07. The van der Waals surface area contributed by atoms with Crippen molar-refractivity contribution in [2.75, 3.05) is 5.43 Å². The number of nitro groups is 1. The van der Waals surface area contributed by atoms with Crippen LogP contribution in [0, 0.1) is 24.0 Å². The highest BCUT2D eigenvalue weighted by Gasteiger charge is 2.09. The first kappa shape index (κ1) is 14.4. The lowest BCUT2D eigenvalue weighted by Crippen LogP contribution is -2.10. The summed E-state index contributed by atoms with van der Waals surface area (Å²) in [5.41, 5.74) is 4.01. The number of rotatable bonds is 4. The van der Waals surface area contributed by atoms with Gasteiger partial charge in [-0.2, -0.15) is 5.10 Å². The van der Waals surface area contributed by atoms with Crippen molar-refractivity contribution in [2.45, 2.75) is 13.8 Å². The third kappa shape index (κ3) is 3.72. The van der Waals surface area contributed by atoms with Gasteiger partial charge in [0.2, 0.25) is 5.95 Å². The van der Waals surface area contributed by atoms with Gasteiger partial charge in [0.25, 0.3) is 11.2 Å². The van der Waals surface area contributed by atoms with Crippen LogP contribution in [0.5, 0.6) is 0 Å². The molecule has 0 radical (unpaired) electrons. The Hall–Kier alpha value is -3.03. The predicted molar refractivity (Wildman–Crippen MR) is 78.6 cm³/mol. The lowest BCUT2D eigenvalue weighted by molar-refractivity contribution is -0.385. The van der Waals surface area contributed by atoms with Crippen LogP contribution in [0.15, 0.2) is 34.2 Å². The Morgan fingerprint density at radius 1 is 1.38 bits per heavy atom. The Bertz CT molecular complexity index is 767. The van der Waals surface area contributed by atoms with Gasteiger partial charge in [0.15, 0.2) is 0 Å². The second-order valence-corrected chi connectivity index (χ2v) is 4.41. The second kappa shape index (κ2) is 5.95. The largest absolute Gasteiger partial charge is 0.291 e. The quantitative estimate of drug-likeness (QED) is 0.505. The topological polar surface area (TPSA) is 113 Å². The van der Waals surface area contributed by atoms with E-state index in [1.165, 1.54) is 18.3 Å². The van der Waals surface area contributed by atoms with E-state index in [0.29, 0.717) is 16.8 Å². The van der Waals surface area contributed by atoms with Gasteiger partial charge >= 0.3 is 0 Å². The highest BCUT2D eigenvalue weighted by atomic mass is 16.6. The van der Waals surface area contributed by atoms with E-state index in [1.54, 1.807) is 26.0 Å². The van der Waals surface area contributed by atoms with Crippen molar-refractivity contribution in [1.82, 2.24) is 9.97 Å². The Balaban J connectivity index is 2.16. The molecule has 0 aliphatic heterocycles. The minimum Gasteiger partial charge on any atom is -0.291 e. The molecular weight excluding hydrogens is 274 g/mol. The molecule has 108 valence electrons. The first-order chi connectivity index (χ1) is 9.95. The van der Waals surface area contributed by atoms with Crippen molar-refractivity contribution in [2.24, 2.45) is 5.10 Å². The molecule has 0 saturated carbocycles. The molecular formula is C13H13N5O3. The van der Waals surface area contributed by atoms with Crippen molar-refractivity contribution in [1.29, 1.82) is 0 Å². The normalized spacial score (nSPS) is 10.8. The number of nitrogens with zero attached hydrogens (tertiary/aromatic N) is 3. The second-order valence-electron chi connectivity index (χ2n) is 4.41. The Morgan fingerprint density at radius 3 is 2.81 bits per heavy atom. The number of nitro benzene ring substituents is 1. The van der Waals surface area contributed by atoms with Crippen molar-refractivity contribution in [3.05, 3.63) is 61.6 Å². The number of anilines is 1. The van der Waals surface area contributed by atoms with Crippen LogP contribution in [0.1, 0.15) is 16.8 Å². The third-order valence-electron chi connectivity index (χ3n) is 2.68. The first-order valence-corrected chi connectivity index (χ1v) is 6.08. The monoisotopic (exact) mass is 287 g/mol. The minimum absolute atomic E-state index is 0.0287. The third-order valence-corrected chi connectivity index (χ3v) is 2.68. The SMILES string of the molecule is Cc1cc(=O)[nH]c(N/N=C\c2ccc(C)c([N+](=O)[O-])c2)n1. The molecule has 0 aliphatic carbocycles. The van der Waals surface area contributed by atoms with Gasteiger partial charge in [-0.15, -0.1) is 0 Å². The van der Waals surface area contributed by atoms with E-state index in [1.807, 2.05) is 0 Å². The van der Waals surface area contributed by atoms with E-state index in [0.717, 1.165) is 0 Å². The van der Waals surface area contributed by atoms with Crippen LogP contribution in [0.3, 0.4) is 0 Å². The molecule has 0 saturated heterocycles. The fourth-order valence-corrected chi connectivity index (χ4v) is 1.70. The van der Waals surface area contributed by atoms with Crippen molar-refractivity contribution in [3.8, 4) is 0 Å². The molecule has 2 N–H and O–H groups in total. The number of aromatic nitrogens is 2. The van der Waals surface area contributed by atoms with Crippen LogP contribution < -0.4 is 11.0 Å². The summed E-state index contributed by atoms with van der Waals surface area (Å²) in [7, 11) is 0. The van der Waals surface area contributed by atoms with E-state index in [9.17, 15) is 14.9 Å². The number of hydrogen-bond donors (Lipinski definition) is 2. The Labute approximate surface area is 119 Å². The van der Waals surface area contributed by atoms with E-state index in [4.69, 9.17) is 0 Å². The zero-order valence-electron chi connectivity index (χ0n) is 11.5. The standard InChI is InChI=1S/C13H13N5O3/c1-8-3-4-10(6-11(8)18(20)21)7-14-17-13-15-9(2)5-12(19)16-13/h3-7H,1-2H3,(H2,15,16,17,19)/b14-7-. The molecule has 0 amide bonds. The smallest absolute Gasteiger partial charge is 0.272 e. The van der Waals surface area contributed by atoms with Crippen LogP contribution in [-0.2, 0) is 0 Å². The van der Waals surface area contributed by atoms with E-state index < -0.39 is 4.92 Å². The molecule has 0 unspecified atom stereocenters. The Morgan fingerprint density at radius 2 is 2.14 bits per heavy atom.